The van der Waals surface area contributed by atoms with Gasteiger partial charge >= 0.3 is 0 Å². The SMILES string of the molecule is CC(C)CNC1C[C@@H](CCCCO)S(=O)(=O)C1.NS(=O)(=O)C1=CC=CNS1. The molecule has 8 nitrogen and oxygen atoms in total. The molecule has 0 radical (unpaired) electrons. The molecular weight excluding hydrogens is 410 g/mol. The van der Waals surface area contributed by atoms with E-state index >= 15 is 0 Å². The van der Waals surface area contributed by atoms with Crippen molar-refractivity contribution < 1.29 is 21.9 Å². The molecule has 2 rings (SSSR count). The van der Waals surface area contributed by atoms with Gasteiger partial charge in [0.2, 0.25) is 10.0 Å². The first-order valence-electron chi connectivity index (χ1n) is 8.94. The first-order valence-corrected chi connectivity index (χ1v) is 13.0. The molecule has 0 spiro atoms. The average molecular weight is 442 g/mol. The van der Waals surface area contributed by atoms with Crippen LogP contribution in [0.3, 0.4) is 0 Å². The van der Waals surface area contributed by atoms with Crippen LogP contribution in [0.5, 0.6) is 0 Å². The Morgan fingerprint density at radius 2 is 2.11 bits per heavy atom. The standard InChI is InChI=1S/C12H25NO3S.C4H6N2O2S2/c1-10(2)8-13-11-7-12(5-3-4-6-14)17(15,16)9-11;5-10(7,8)4-2-1-3-6-9-4/h10-14H,3-9H2,1-2H3;1-3,6H,(H2,5,7,8)/t11?,12-;/m1./s1. The predicted molar refractivity (Wildman–Crippen MR) is 111 cm³/mol. The molecule has 1 unspecified atom stereocenters. The van der Waals surface area contributed by atoms with Crippen molar-refractivity contribution in [2.75, 3.05) is 18.9 Å². The molecule has 11 heteroatoms. The Balaban J connectivity index is 0.000000309. The van der Waals surface area contributed by atoms with Gasteiger partial charge in [-0.05, 0) is 62.2 Å². The smallest absolute Gasteiger partial charge is 0.245 e. The van der Waals surface area contributed by atoms with Crippen LogP contribution < -0.4 is 15.2 Å². The third kappa shape index (κ3) is 9.44. The molecule has 27 heavy (non-hydrogen) atoms. The van der Waals surface area contributed by atoms with Crippen LogP contribution >= 0.6 is 11.9 Å². The minimum absolute atomic E-state index is 0.126. The first kappa shape index (κ1) is 24.4. The van der Waals surface area contributed by atoms with E-state index in [1.165, 1.54) is 6.08 Å². The summed E-state index contributed by atoms with van der Waals surface area (Å²) in [5.74, 6) is 0.829. The number of rotatable bonds is 8. The van der Waals surface area contributed by atoms with Crippen LogP contribution in [0.25, 0.3) is 0 Å². The fourth-order valence-corrected chi connectivity index (χ4v) is 6.14. The Hall–Kier alpha value is -0.590. The monoisotopic (exact) mass is 441 g/mol. The van der Waals surface area contributed by atoms with Crippen LogP contribution in [-0.4, -0.2) is 52.1 Å². The van der Waals surface area contributed by atoms with Gasteiger partial charge < -0.3 is 15.1 Å². The van der Waals surface area contributed by atoms with E-state index in [2.05, 4.69) is 23.9 Å². The number of allylic oxidation sites excluding steroid dienone is 2. The molecular formula is C16H31N3O5S3. The van der Waals surface area contributed by atoms with E-state index in [4.69, 9.17) is 10.2 Å². The molecule has 158 valence electrons. The lowest BCUT2D eigenvalue weighted by molar-refractivity contribution is 0.282. The molecule has 0 bridgehead atoms. The molecule has 0 aromatic rings. The predicted octanol–water partition coefficient (Wildman–Crippen LogP) is 0.832. The molecule has 2 aliphatic heterocycles. The maximum atomic E-state index is 11.9. The zero-order valence-electron chi connectivity index (χ0n) is 15.8. The Labute approximate surface area is 167 Å². The van der Waals surface area contributed by atoms with Crippen LogP contribution in [0, 0.1) is 5.92 Å². The molecule has 2 heterocycles. The highest BCUT2D eigenvalue weighted by atomic mass is 32.3. The number of primary sulfonamides is 1. The number of aliphatic hydroxyl groups is 1. The van der Waals surface area contributed by atoms with Crippen LogP contribution in [0.1, 0.15) is 39.5 Å². The van der Waals surface area contributed by atoms with E-state index in [-0.39, 0.29) is 27.9 Å². The number of sulfonamides is 1. The fraction of sp³-hybridized carbons (Fsp3) is 0.750. The lowest BCUT2D eigenvalue weighted by Crippen LogP contribution is -2.32. The molecule has 5 N–H and O–H groups in total. The van der Waals surface area contributed by atoms with Crippen molar-refractivity contribution in [1.29, 1.82) is 0 Å². The minimum atomic E-state index is -3.52. The van der Waals surface area contributed by atoms with E-state index in [0.29, 0.717) is 18.8 Å². The van der Waals surface area contributed by atoms with Gasteiger partial charge in [0.25, 0.3) is 0 Å². The summed E-state index contributed by atoms with van der Waals surface area (Å²) in [6.45, 7) is 5.27. The highest BCUT2D eigenvalue weighted by molar-refractivity contribution is 8.17. The Morgan fingerprint density at radius 1 is 1.41 bits per heavy atom. The van der Waals surface area contributed by atoms with Crippen molar-refractivity contribution >= 4 is 31.8 Å². The second-order valence-corrected chi connectivity index (χ2v) is 12.0. The largest absolute Gasteiger partial charge is 0.396 e. The lowest BCUT2D eigenvalue weighted by Gasteiger charge is -2.13. The molecule has 2 atom stereocenters. The minimum Gasteiger partial charge on any atom is -0.396 e. The zero-order chi connectivity index (χ0) is 20.5. The van der Waals surface area contributed by atoms with Crippen molar-refractivity contribution in [3.63, 3.8) is 0 Å². The molecule has 0 saturated carbocycles. The number of sulfone groups is 1. The second-order valence-electron chi connectivity index (χ2n) is 7.02. The van der Waals surface area contributed by atoms with Crippen LogP contribution in [0.15, 0.2) is 22.6 Å². The fourth-order valence-electron chi connectivity index (χ4n) is 2.72. The number of nitrogens with two attached hydrogens (primary N) is 1. The third-order valence-corrected chi connectivity index (χ3v) is 8.62. The van der Waals surface area contributed by atoms with Gasteiger partial charge in [0.1, 0.15) is 4.24 Å². The highest BCUT2D eigenvalue weighted by Gasteiger charge is 2.37. The van der Waals surface area contributed by atoms with Crippen LogP contribution in [-0.2, 0) is 19.9 Å². The summed E-state index contributed by atoms with van der Waals surface area (Å²) in [4.78, 5) is 0. The summed E-state index contributed by atoms with van der Waals surface area (Å²) < 4.78 is 47.8. The number of aliphatic hydroxyl groups excluding tert-OH is 1. The molecule has 0 aromatic carbocycles. The summed E-state index contributed by atoms with van der Waals surface area (Å²) in [5, 5.41) is 16.7. The highest BCUT2D eigenvalue weighted by Crippen LogP contribution is 2.25. The van der Waals surface area contributed by atoms with Crippen LogP contribution in [0.4, 0.5) is 0 Å². The Morgan fingerprint density at radius 3 is 2.59 bits per heavy atom. The van der Waals surface area contributed by atoms with Crippen molar-refractivity contribution in [2.45, 2.75) is 50.8 Å². The Kier molecular flexibility index (Phi) is 10.3. The van der Waals surface area contributed by atoms with Gasteiger partial charge in [0.05, 0.1) is 11.0 Å². The first-order chi connectivity index (χ1) is 12.6. The Bertz CT molecular complexity index is 718. The van der Waals surface area contributed by atoms with Gasteiger partial charge in [0, 0.05) is 18.8 Å². The second kappa shape index (κ2) is 11.4. The molecule has 1 saturated heterocycles. The zero-order valence-corrected chi connectivity index (χ0v) is 18.2. The molecule has 1 fully saturated rings. The van der Waals surface area contributed by atoms with Crippen molar-refractivity contribution in [2.24, 2.45) is 11.1 Å². The summed E-state index contributed by atoms with van der Waals surface area (Å²) in [6, 6.07) is 0.126. The summed E-state index contributed by atoms with van der Waals surface area (Å²) >= 11 is 0.981. The van der Waals surface area contributed by atoms with Crippen molar-refractivity contribution in [3.05, 3.63) is 22.6 Å². The lowest BCUT2D eigenvalue weighted by atomic mass is 10.1. The number of nitrogens with one attached hydrogen (secondary N) is 2. The van der Waals surface area contributed by atoms with Gasteiger partial charge in [-0.25, -0.2) is 22.0 Å². The van der Waals surface area contributed by atoms with Gasteiger partial charge in [-0.2, -0.15) is 0 Å². The maximum Gasteiger partial charge on any atom is 0.245 e. The third-order valence-electron chi connectivity index (χ3n) is 4.07. The van der Waals surface area contributed by atoms with E-state index < -0.39 is 19.9 Å². The quantitative estimate of drug-likeness (QED) is 0.321. The molecule has 0 amide bonds. The molecule has 0 aromatic heterocycles. The van der Waals surface area contributed by atoms with Crippen molar-refractivity contribution in [1.82, 2.24) is 10.0 Å². The number of hydrogen-bond acceptors (Lipinski definition) is 8. The number of unbranched alkanes of at least 4 members (excludes halogenated alkanes) is 1. The van der Waals surface area contributed by atoms with E-state index in [9.17, 15) is 16.8 Å². The van der Waals surface area contributed by atoms with Gasteiger partial charge in [-0.15, -0.1) is 0 Å². The molecule has 0 aliphatic carbocycles. The molecule has 2 aliphatic rings. The number of hydrogen-bond donors (Lipinski definition) is 4. The van der Waals surface area contributed by atoms with E-state index in [1.807, 2.05) is 0 Å². The maximum absolute atomic E-state index is 11.9. The van der Waals surface area contributed by atoms with Gasteiger partial charge in [0.15, 0.2) is 9.84 Å². The summed E-state index contributed by atoms with van der Waals surface area (Å²) in [6.07, 6.45) is 7.59. The van der Waals surface area contributed by atoms with Crippen molar-refractivity contribution in [3.8, 4) is 0 Å². The van der Waals surface area contributed by atoms with E-state index in [0.717, 1.165) is 31.3 Å². The van der Waals surface area contributed by atoms with Gasteiger partial charge in [-0.1, -0.05) is 13.8 Å². The topological polar surface area (TPSA) is 139 Å². The van der Waals surface area contributed by atoms with E-state index in [1.54, 1.807) is 12.3 Å². The average Bonchev–Trinajstić information content (AvgIpc) is 2.88. The summed E-state index contributed by atoms with van der Waals surface area (Å²) in [5.41, 5.74) is 0. The summed E-state index contributed by atoms with van der Waals surface area (Å²) in [7, 11) is -6.42. The van der Waals surface area contributed by atoms with Crippen LogP contribution in [0.2, 0.25) is 0 Å². The van der Waals surface area contributed by atoms with Gasteiger partial charge in [-0.3, -0.25) is 0 Å². The normalized spacial score (nSPS) is 24.1.